The molecule has 0 saturated heterocycles. The van der Waals surface area contributed by atoms with Crippen LogP contribution in [0.5, 0.6) is 11.8 Å². The normalized spacial score (nSPS) is 10.2. The summed E-state index contributed by atoms with van der Waals surface area (Å²) in [6, 6.07) is 3.21. The highest BCUT2D eigenvalue weighted by Gasteiger charge is 2.12. The first-order valence-electron chi connectivity index (χ1n) is 5.98. The predicted molar refractivity (Wildman–Crippen MR) is 74.1 cm³/mol. The van der Waals surface area contributed by atoms with E-state index in [9.17, 15) is 4.79 Å². The maximum absolute atomic E-state index is 11.3. The van der Waals surface area contributed by atoms with Crippen molar-refractivity contribution >= 4 is 5.69 Å². The van der Waals surface area contributed by atoms with Crippen molar-refractivity contribution in [2.75, 3.05) is 19.5 Å². The van der Waals surface area contributed by atoms with Crippen LogP contribution in [0.25, 0.3) is 0 Å². The number of anilines is 1. The lowest BCUT2D eigenvalue weighted by Gasteiger charge is -2.12. The van der Waals surface area contributed by atoms with Crippen LogP contribution in [0.4, 0.5) is 5.69 Å². The highest BCUT2D eigenvalue weighted by atomic mass is 16.5. The van der Waals surface area contributed by atoms with Gasteiger partial charge in [-0.1, -0.05) is 0 Å². The summed E-state index contributed by atoms with van der Waals surface area (Å²) in [6.07, 6.45) is 3.10. The first kappa shape index (κ1) is 13.9. The number of methoxy groups -OCH3 is 2. The van der Waals surface area contributed by atoms with Gasteiger partial charge in [0.1, 0.15) is 6.33 Å². The van der Waals surface area contributed by atoms with E-state index in [2.05, 4.69) is 15.3 Å². The molecule has 7 nitrogen and oxygen atoms in total. The number of nitrogens with zero attached hydrogens (tertiary/aromatic N) is 3. The van der Waals surface area contributed by atoms with Gasteiger partial charge in [0, 0.05) is 19.3 Å². The number of rotatable bonds is 5. The lowest BCUT2D eigenvalue weighted by molar-refractivity contribution is 0.363. The van der Waals surface area contributed by atoms with Gasteiger partial charge >= 0.3 is 0 Å². The molecule has 0 aliphatic heterocycles. The zero-order valence-corrected chi connectivity index (χ0v) is 11.6. The molecule has 1 N–H and O–H groups in total. The molecule has 0 saturated carbocycles. The Bertz CT molecular complexity index is 632. The monoisotopic (exact) mass is 276 g/mol. The van der Waals surface area contributed by atoms with Gasteiger partial charge < -0.3 is 19.4 Å². The van der Waals surface area contributed by atoms with Gasteiger partial charge in [-0.3, -0.25) is 4.79 Å². The van der Waals surface area contributed by atoms with Gasteiger partial charge in [0.15, 0.2) is 0 Å². The second kappa shape index (κ2) is 6.05. The van der Waals surface area contributed by atoms with Gasteiger partial charge in [0.25, 0.3) is 0 Å². The summed E-state index contributed by atoms with van der Waals surface area (Å²) in [5.41, 5.74) is 1.46. The van der Waals surface area contributed by atoms with Crippen molar-refractivity contribution < 1.29 is 9.47 Å². The van der Waals surface area contributed by atoms with E-state index in [4.69, 9.17) is 9.47 Å². The zero-order chi connectivity index (χ0) is 14.5. The fourth-order valence-corrected chi connectivity index (χ4v) is 1.77. The summed E-state index contributed by atoms with van der Waals surface area (Å²) in [4.78, 5) is 19.4. The Labute approximate surface area is 116 Å². The molecule has 0 aliphatic rings. The Morgan fingerprint density at radius 3 is 2.40 bits per heavy atom. The van der Waals surface area contributed by atoms with E-state index in [1.54, 1.807) is 19.3 Å². The van der Waals surface area contributed by atoms with Crippen LogP contribution in [-0.4, -0.2) is 28.8 Å². The summed E-state index contributed by atoms with van der Waals surface area (Å²) < 4.78 is 11.9. The molecule has 0 atom stereocenters. The quantitative estimate of drug-likeness (QED) is 0.870. The Morgan fingerprint density at radius 1 is 1.20 bits per heavy atom. The van der Waals surface area contributed by atoms with Crippen LogP contribution in [-0.2, 0) is 13.6 Å². The van der Waals surface area contributed by atoms with E-state index in [1.807, 2.05) is 0 Å². The van der Waals surface area contributed by atoms with Crippen molar-refractivity contribution in [2.24, 2.45) is 7.05 Å². The Kier molecular flexibility index (Phi) is 4.19. The maximum Gasteiger partial charge on any atom is 0.250 e. The molecule has 0 unspecified atom stereocenters. The summed E-state index contributed by atoms with van der Waals surface area (Å²) in [7, 11) is 4.77. The highest BCUT2D eigenvalue weighted by molar-refractivity contribution is 5.44. The molecule has 0 aliphatic carbocycles. The Morgan fingerprint density at radius 2 is 1.85 bits per heavy atom. The lowest BCUT2D eigenvalue weighted by atomic mass is 10.3. The molecule has 7 heteroatoms. The standard InChI is InChI=1S/C13H16N4O3/c1-17-7-9(4-5-11(17)18)14-6-10-12(19-2)15-8-16-13(10)20-3/h4-5,7-8,14H,6H2,1-3H3. The molecule has 2 aromatic rings. The van der Waals surface area contributed by atoms with Crippen LogP contribution in [0.1, 0.15) is 5.56 Å². The lowest BCUT2D eigenvalue weighted by Crippen LogP contribution is -2.15. The van der Waals surface area contributed by atoms with Crippen molar-refractivity contribution in [1.29, 1.82) is 0 Å². The van der Waals surface area contributed by atoms with Crippen LogP contribution >= 0.6 is 0 Å². The van der Waals surface area contributed by atoms with Crippen molar-refractivity contribution in [3.63, 3.8) is 0 Å². The minimum atomic E-state index is -0.0613. The third kappa shape index (κ3) is 2.87. The van der Waals surface area contributed by atoms with Crippen molar-refractivity contribution in [2.45, 2.75) is 6.54 Å². The first-order valence-corrected chi connectivity index (χ1v) is 5.98. The Balaban J connectivity index is 2.21. The summed E-state index contributed by atoms with van der Waals surface area (Å²) >= 11 is 0. The smallest absolute Gasteiger partial charge is 0.250 e. The fraction of sp³-hybridized carbons (Fsp3) is 0.308. The summed E-state index contributed by atoms with van der Waals surface area (Å²) in [6.45, 7) is 0.422. The topological polar surface area (TPSA) is 78.3 Å². The van der Waals surface area contributed by atoms with Gasteiger partial charge in [-0.05, 0) is 6.07 Å². The van der Waals surface area contributed by atoms with Crippen molar-refractivity contribution in [3.8, 4) is 11.8 Å². The van der Waals surface area contributed by atoms with Crippen LogP contribution in [0, 0.1) is 0 Å². The molecule has 2 rings (SSSR count). The van der Waals surface area contributed by atoms with Gasteiger partial charge in [-0.15, -0.1) is 0 Å². The third-order valence-corrected chi connectivity index (χ3v) is 2.81. The SMILES string of the molecule is COc1ncnc(OC)c1CNc1ccc(=O)n(C)c1. The highest BCUT2D eigenvalue weighted by Crippen LogP contribution is 2.24. The number of nitrogens with one attached hydrogen (secondary N) is 1. The molecule has 2 aromatic heterocycles. The second-order valence-corrected chi connectivity index (χ2v) is 4.09. The Hall–Kier alpha value is -2.57. The second-order valence-electron chi connectivity index (χ2n) is 4.09. The zero-order valence-electron chi connectivity index (χ0n) is 11.6. The predicted octanol–water partition coefficient (Wildman–Crippen LogP) is 0.805. The molecule has 0 amide bonds. The summed E-state index contributed by atoms with van der Waals surface area (Å²) in [5.74, 6) is 0.906. The molecular formula is C13H16N4O3. The van der Waals surface area contributed by atoms with E-state index in [0.29, 0.717) is 23.9 Å². The summed E-state index contributed by atoms with van der Waals surface area (Å²) in [5, 5.41) is 3.18. The minimum Gasteiger partial charge on any atom is -0.481 e. The van der Waals surface area contributed by atoms with E-state index in [0.717, 1.165) is 5.69 Å². The minimum absolute atomic E-state index is 0.0613. The van der Waals surface area contributed by atoms with E-state index in [-0.39, 0.29) is 5.56 Å². The molecule has 0 bridgehead atoms. The average Bonchev–Trinajstić information content (AvgIpc) is 2.48. The first-order chi connectivity index (χ1) is 9.65. The number of ether oxygens (including phenoxy) is 2. The number of aryl methyl sites for hydroxylation is 1. The van der Waals surface area contributed by atoms with Gasteiger partial charge in [-0.25, -0.2) is 9.97 Å². The van der Waals surface area contributed by atoms with Crippen LogP contribution in [0.3, 0.4) is 0 Å². The van der Waals surface area contributed by atoms with E-state index in [1.165, 1.54) is 31.2 Å². The molecule has 0 spiro atoms. The average molecular weight is 276 g/mol. The van der Waals surface area contributed by atoms with E-state index < -0.39 is 0 Å². The van der Waals surface area contributed by atoms with Crippen molar-refractivity contribution in [3.05, 3.63) is 40.6 Å². The number of hydrogen-bond acceptors (Lipinski definition) is 6. The van der Waals surface area contributed by atoms with Crippen molar-refractivity contribution in [1.82, 2.24) is 14.5 Å². The van der Waals surface area contributed by atoms with Gasteiger partial charge in [0.2, 0.25) is 17.3 Å². The van der Waals surface area contributed by atoms with Crippen LogP contribution in [0.2, 0.25) is 0 Å². The molecule has 0 radical (unpaired) electrons. The largest absolute Gasteiger partial charge is 0.481 e. The molecule has 20 heavy (non-hydrogen) atoms. The van der Waals surface area contributed by atoms with Gasteiger partial charge in [0.05, 0.1) is 32.0 Å². The molecule has 106 valence electrons. The fourth-order valence-electron chi connectivity index (χ4n) is 1.77. The van der Waals surface area contributed by atoms with Gasteiger partial charge in [-0.2, -0.15) is 0 Å². The molecule has 0 aromatic carbocycles. The maximum atomic E-state index is 11.3. The molecule has 2 heterocycles. The molecular weight excluding hydrogens is 260 g/mol. The third-order valence-electron chi connectivity index (χ3n) is 2.81. The number of aromatic nitrogens is 3. The molecule has 0 fully saturated rings. The number of pyridine rings is 1. The van der Waals surface area contributed by atoms with Crippen LogP contribution < -0.4 is 20.3 Å². The van der Waals surface area contributed by atoms with E-state index >= 15 is 0 Å². The number of hydrogen-bond donors (Lipinski definition) is 1. The van der Waals surface area contributed by atoms with Crippen LogP contribution in [0.15, 0.2) is 29.5 Å².